The molecule has 1 N–H and O–H groups in total. The van der Waals surface area contributed by atoms with Crippen LogP contribution in [0.5, 0.6) is 0 Å². The van der Waals surface area contributed by atoms with Crippen molar-refractivity contribution in [1.29, 1.82) is 0 Å². The molecule has 0 radical (unpaired) electrons. The lowest BCUT2D eigenvalue weighted by atomic mass is 10.1. The molecule has 2 aromatic heterocycles. The summed E-state index contributed by atoms with van der Waals surface area (Å²) in [4.78, 5) is 31.2. The van der Waals surface area contributed by atoms with E-state index in [1.807, 2.05) is 0 Å². The Kier molecular flexibility index (Phi) is 3.65. The fraction of sp³-hybridized carbons (Fsp3) is 0.0625. The van der Waals surface area contributed by atoms with Gasteiger partial charge in [-0.2, -0.15) is 0 Å². The minimum Gasteiger partial charge on any atom is -0.464 e. The average molecular weight is 315 g/mol. The van der Waals surface area contributed by atoms with Crippen molar-refractivity contribution in [2.24, 2.45) is 0 Å². The number of fused-ring (bicyclic) bond motifs is 1. The summed E-state index contributed by atoms with van der Waals surface area (Å²) in [5.41, 5.74) is 1.40. The molecule has 0 saturated heterocycles. The zero-order chi connectivity index (χ0) is 15.7. The third-order valence-corrected chi connectivity index (χ3v) is 3.60. The van der Waals surface area contributed by atoms with Crippen molar-refractivity contribution in [3.05, 3.63) is 64.6 Å². The molecular formula is C16H11ClN2O3. The highest BCUT2D eigenvalue weighted by atomic mass is 35.5. The summed E-state index contributed by atoms with van der Waals surface area (Å²) in [6.45, 7) is 0. The van der Waals surface area contributed by atoms with Crippen LogP contribution in [-0.4, -0.2) is 28.8 Å². The molecule has 110 valence electrons. The van der Waals surface area contributed by atoms with Crippen LogP contribution in [0.25, 0.3) is 10.9 Å². The molecule has 3 rings (SSSR count). The van der Waals surface area contributed by atoms with Gasteiger partial charge in [-0.1, -0.05) is 29.8 Å². The van der Waals surface area contributed by atoms with Crippen LogP contribution in [0.4, 0.5) is 0 Å². The first-order valence-corrected chi connectivity index (χ1v) is 6.85. The SMILES string of the molecule is COC(=O)c1cccc(C(=O)c2c[nH]c3c(Cl)cccc23)n1. The molecule has 0 unspecified atom stereocenters. The summed E-state index contributed by atoms with van der Waals surface area (Å²) in [6, 6.07) is 9.95. The Labute approximate surface area is 130 Å². The maximum atomic E-state index is 12.6. The first kappa shape index (κ1) is 14.3. The molecule has 2 heterocycles. The number of aromatic amines is 1. The van der Waals surface area contributed by atoms with Crippen LogP contribution in [-0.2, 0) is 4.74 Å². The Bertz CT molecular complexity index is 886. The van der Waals surface area contributed by atoms with Crippen LogP contribution in [0.15, 0.2) is 42.6 Å². The molecule has 6 heteroatoms. The number of ether oxygens (including phenoxy) is 1. The van der Waals surface area contributed by atoms with Gasteiger partial charge in [-0.15, -0.1) is 0 Å². The van der Waals surface area contributed by atoms with E-state index in [1.54, 1.807) is 36.5 Å². The molecule has 0 atom stereocenters. The molecule has 0 saturated carbocycles. The smallest absolute Gasteiger partial charge is 0.356 e. The van der Waals surface area contributed by atoms with E-state index in [0.29, 0.717) is 21.5 Å². The number of carbonyl (C=O) groups excluding carboxylic acids is 2. The number of aromatic nitrogens is 2. The zero-order valence-corrected chi connectivity index (χ0v) is 12.3. The standard InChI is InChI=1S/C16H11ClN2O3/c1-22-16(21)13-7-3-6-12(19-13)15(20)10-8-18-14-9(10)4-2-5-11(14)17/h2-8,18H,1H3. The van der Waals surface area contributed by atoms with Crippen molar-refractivity contribution in [3.8, 4) is 0 Å². The van der Waals surface area contributed by atoms with Gasteiger partial charge in [0.25, 0.3) is 0 Å². The molecule has 0 amide bonds. The largest absolute Gasteiger partial charge is 0.464 e. The number of pyridine rings is 1. The van der Waals surface area contributed by atoms with Gasteiger partial charge in [-0.05, 0) is 18.2 Å². The van der Waals surface area contributed by atoms with Gasteiger partial charge in [-0.3, -0.25) is 4.79 Å². The number of nitrogens with zero attached hydrogens (tertiary/aromatic N) is 1. The number of halogens is 1. The number of esters is 1. The number of H-pyrrole nitrogens is 1. The first-order chi connectivity index (χ1) is 10.6. The number of ketones is 1. The van der Waals surface area contributed by atoms with Gasteiger partial charge in [0.15, 0.2) is 0 Å². The first-order valence-electron chi connectivity index (χ1n) is 6.47. The molecular weight excluding hydrogens is 304 g/mol. The van der Waals surface area contributed by atoms with E-state index in [9.17, 15) is 9.59 Å². The quantitative estimate of drug-likeness (QED) is 0.595. The van der Waals surface area contributed by atoms with Crippen molar-refractivity contribution < 1.29 is 14.3 Å². The summed E-state index contributed by atoms with van der Waals surface area (Å²) in [6.07, 6.45) is 1.59. The predicted molar refractivity (Wildman–Crippen MR) is 82.3 cm³/mol. The van der Waals surface area contributed by atoms with Crippen molar-refractivity contribution >= 4 is 34.3 Å². The van der Waals surface area contributed by atoms with Gasteiger partial charge < -0.3 is 9.72 Å². The van der Waals surface area contributed by atoms with Crippen molar-refractivity contribution in [2.45, 2.75) is 0 Å². The maximum absolute atomic E-state index is 12.6. The fourth-order valence-electron chi connectivity index (χ4n) is 2.22. The van der Waals surface area contributed by atoms with Gasteiger partial charge in [0.2, 0.25) is 5.78 Å². The molecule has 0 fully saturated rings. The second-order valence-corrected chi connectivity index (χ2v) is 5.00. The molecule has 0 spiro atoms. The third kappa shape index (κ3) is 2.35. The van der Waals surface area contributed by atoms with Gasteiger partial charge in [0.05, 0.1) is 17.6 Å². The van der Waals surface area contributed by atoms with Crippen LogP contribution in [0.3, 0.4) is 0 Å². The van der Waals surface area contributed by atoms with Crippen LogP contribution < -0.4 is 0 Å². The van der Waals surface area contributed by atoms with Crippen LogP contribution in [0, 0.1) is 0 Å². The van der Waals surface area contributed by atoms with E-state index in [-0.39, 0.29) is 17.2 Å². The average Bonchev–Trinajstić information content (AvgIpc) is 2.99. The molecule has 5 nitrogen and oxygen atoms in total. The summed E-state index contributed by atoms with van der Waals surface area (Å²) in [7, 11) is 1.26. The number of hydrogen-bond donors (Lipinski definition) is 1. The van der Waals surface area contributed by atoms with E-state index >= 15 is 0 Å². The van der Waals surface area contributed by atoms with E-state index in [0.717, 1.165) is 0 Å². The minimum atomic E-state index is -0.586. The molecule has 0 aliphatic carbocycles. The van der Waals surface area contributed by atoms with Crippen molar-refractivity contribution in [3.63, 3.8) is 0 Å². The number of para-hydroxylation sites is 1. The zero-order valence-electron chi connectivity index (χ0n) is 11.6. The number of hydrogen-bond acceptors (Lipinski definition) is 4. The highest BCUT2D eigenvalue weighted by Crippen LogP contribution is 2.26. The summed E-state index contributed by atoms with van der Waals surface area (Å²) >= 11 is 6.09. The Morgan fingerprint density at radius 1 is 1.14 bits per heavy atom. The Balaban J connectivity index is 2.07. The number of methoxy groups -OCH3 is 1. The number of carbonyl (C=O) groups is 2. The lowest BCUT2D eigenvalue weighted by Crippen LogP contribution is -2.09. The Morgan fingerprint density at radius 2 is 1.86 bits per heavy atom. The normalized spacial score (nSPS) is 10.6. The van der Waals surface area contributed by atoms with Gasteiger partial charge in [-0.25, -0.2) is 9.78 Å². The second kappa shape index (κ2) is 5.61. The Morgan fingerprint density at radius 3 is 2.64 bits per heavy atom. The fourth-order valence-corrected chi connectivity index (χ4v) is 2.45. The van der Waals surface area contributed by atoms with Gasteiger partial charge >= 0.3 is 5.97 Å². The Hall–Kier alpha value is -2.66. The minimum absolute atomic E-state index is 0.0891. The second-order valence-electron chi connectivity index (χ2n) is 4.59. The molecule has 0 aliphatic heterocycles. The van der Waals surface area contributed by atoms with Crippen LogP contribution in [0.1, 0.15) is 26.5 Å². The molecule has 0 bridgehead atoms. The lowest BCUT2D eigenvalue weighted by molar-refractivity contribution is 0.0594. The van der Waals surface area contributed by atoms with Crippen LogP contribution in [0.2, 0.25) is 5.02 Å². The lowest BCUT2D eigenvalue weighted by Gasteiger charge is -2.02. The monoisotopic (exact) mass is 314 g/mol. The molecule has 3 aromatic rings. The van der Waals surface area contributed by atoms with E-state index < -0.39 is 5.97 Å². The van der Waals surface area contributed by atoms with Crippen LogP contribution >= 0.6 is 11.6 Å². The number of rotatable bonds is 3. The predicted octanol–water partition coefficient (Wildman–Crippen LogP) is 3.23. The number of nitrogens with one attached hydrogen (secondary N) is 1. The molecule has 1 aromatic carbocycles. The van der Waals surface area contributed by atoms with E-state index in [4.69, 9.17) is 11.6 Å². The van der Waals surface area contributed by atoms with E-state index in [2.05, 4.69) is 14.7 Å². The summed E-state index contributed by atoms with van der Waals surface area (Å²) in [5, 5.41) is 1.25. The van der Waals surface area contributed by atoms with Gasteiger partial charge in [0.1, 0.15) is 11.4 Å². The highest BCUT2D eigenvalue weighted by molar-refractivity contribution is 6.35. The topological polar surface area (TPSA) is 72.1 Å². The number of benzene rings is 1. The summed E-state index contributed by atoms with van der Waals surface area (Å²) < 4.78 is 4.61. The highest BCUT2D eigenvalue weighted by Gasteiger charge is 2.18. The van der Waals surface area contributed by atoms with Crippen molar-refractivity contribution in [2.75, 3.05) is 7.11 Å². The molecule has 22 heavy (non-hydrogen) atoms. The van der Waals surface area contributed by atoms with Crippen molar-refractivity contribution in [1.82, 2.24) is 9.97 Å². The maximum Gasteiger partial charge on any atom is 0.356 e. The summed E-state index contributed by atoms with van der Waals surface area (Å²) in [5.74, 6) is -0.879. The molecule has 0 aliphatic rings. The third-order valence-electron chi connectivity index (χ3n) is 3.29. The van der Waals surface area contributed by atoms with E-state index in [1.165, 1.54) is 13.2 Å². The van der Waals surface area contributed by atoms with Gasteiger partial charge in [0, 0.05) is 17.1 Å².